The van der Waals surface area contributed by atoms with E-state index in [1.54, 1.807) is 41.9 Å². The van der Waals surface area contributed by atoms with Gasteiger partial charge in [0.2, 0.25) is 11.8 Å². The molecule has 3 aromatic rings. The molecular weight excluding hydrogens is 342 g/mol. The molecular formula is C17H15N3O4S. The number of amides is 2. The molecule has 2 heterocycles. The quantitative estimate of drug-likeness (QED) is 0.674. The number of nitrogens with two attached hydrogens (primary N) is 1. The fourth-order valence-corrected chi connectivity index (χ4v) is 2.67. The zero-order valence-corrected chi connectivity index (χ0v) is 13.9. The third kappa shape index (κ3) is 4.45. The van der Waals surface area contributed by atoms with Crippen molar-refractivity contribution in [1.82, 2.24) is 10.3 Å². The minimum atomic E-state index is -0.595. The van der Waals surface area contributed by atoms with E-state index in [0.29, 0.717) is 22.9 Å². The first-order valence-corrected chi connectivity index (χ1v) is 8.27. The number of primary amides is 1. The Hall–Kier alpha value is -3.13. The van der Waals surface area contributed by atoms with Crippen LogP contribution in [0.5, 0.6) is 5.75 Å². The molecule has 0 saturated carbocycles. The molecule has 0 saturated heterocycles. The highest BCUT2D eigenvalue weighted by atomic mass is 32.1. The lowest BCUT2D eigenvalue weighted by atomic mass is 10.2. The molecule has 0 bridgehead atoms. The van der Waals surface area contributed by atoms with E-state index in [2.05, 4.69) is 10.3 Å². The number of oxazole rings is 1. The molecule has 0 spiro atoms. The van der Waals surface area contributed by atoms with Crippen LogP contribution in [0.4, 0.5) is 0 Å². The number of carbonyl (C=O) groups is 2. The summed E-state index contributed by atoms with van der Waals surface area (Å²) in [7, 11) is 0. The zero-order chi connectivity index (χ0) is 17.6. The van der Waals surface area contributed by atoms with Crippen molar-refractivity contribution in [2.24, 2.45) is 5.73 Å². The Labute approximate surface area is 147 Å². The van der Waals surface area contributed by atoms with Crippen molar-refractivity contribution in [3.8, 4) is 16.5 Å². The standard InChI is InChI=1S/C17H15N3O4S/c18-15(21)8-19-16(22)11-3-5-13(6-4-11)23-9-12-10-24-17(20-12)14-2-1-7-25-14/h1-7,10H,8-9H2,(H2,18,21)(H,19,22). The summed E-state index contributed by atoms with van der Waals surface area (Å²) in [6, 6.07) is 10.4. The molecule has 0 fully saturated rings. The summed E-state index contributed by atoms with van der Waals surface area (Å²) in [5.74, 6) is 0.187. The number of nitrogens with one attached hydrogen (secondary N) is 1. The van der Waals surface area contributed by atoms with Crippen LogP contribution in [-0.4, -0.2) is 23.3 Å². The van der Waals surface area contributed by atoms with Crippen LogP contribution >= 0.6 is 11.3 Å². The fraction of sp³-hybridized carbons (Fsp3) is 0.118. The first kappa shape index (κ1) is 16.7. The van der Waals surface area contributed by atoms with Gasteiger partial charge in [0.1, 0.15) is 24.3 Å². The molecule has 0 aliphatic carbocycles. The van der Waals surface area contributed by atoms with Gasteiger partial charge in [-0.1, -0.05) is 6.07 Å². The van der Waals surface area contributed by atoms with Gasteiger partial charge in [-0.05, 0) is 35.7 Å². The molecule has 8 heteroatoms. The van der Waals surface area contributed by atoms with Gasteiger partial charge in [0, 0.05) is 5.56 Å². The van der Waals surface area contributed by atoms with Gasteiger partial charge in [-0.25, -0.2) is 4.98 Å². The maximum absolute atomic E-state index is 11.8. The number of hydrogen-bond acceptors (Lipinski definition) is 6. The van der Waals surface area contributed by atoms with Gasteiger partial charge in [0.15, 0.2) is 0 Å². The van der Waals surface area contributed by atoms with Crippen LogP contribution in [0.3, 0.4) is 0 Å². The Morgan fingerprint density at radius 1 is 1.24 bits per heavy atom. The molecule has 7 nitrogen and oxygen atoms in total. The number of benzene rings is 1. The molecule has 25 heavy (non-hydrogen) atoms. The highest BCUT2D eigenvalue weighted by Gasteiger charge is 2.09. The van der Waals surface area contributed by atoms with Crippen LogP contribution in [0.1, 0.15) is 16.1 Å². The lowest BCUT2D eigenvalue weighted by Crippen LogP contribution is -2.33. The minimum Gasteiger partial charge on any atom is -0.487 e. The summed E-state index contributed by atoms with van der Waals surface area (Å²) < 4.78 is 11.1. The van der Waals surface area contributed by atoms with E-state index < -0.39 is 5.91 Å². The minimum absolute atomic E-state index is 0.199. The smallest absolute Gasteiger partial charge is 0.251 e. The highest BCUT2D eigenvalue weighted by molar-refractivity contribution is 7.13. The van der Waals surface area contributed by atoms with Crippen LogP contribution in [0.2, 0.25) is 0 Å². The number of rotatable bonds is 7. The summed E-state index contributed by atoms with van der Waals surface area (Å²) in [4.78, 5) is 27.8. The summed E-state index contributed by atoms with van der Waals surface area (Å²) in [5.41, 5.74) is 6.07. The van der Waals surface area contributed by atoms with Gasteiger partial charge in [-0.2, -0.15) is 0 Å². The Bertz CT molecular complexity index is 856. The summed E-state index contributed by atoms with van der Waals surface area (Å²) in [5, 5.41) is 4.37. The Morgan fingerprint density at radius 2 is 2.04 bits per heavy atom. The van der Waals surface area contributed by atoms with Crippen molar-refractivity contribution < 1.29 is 18.7 Å². The van der Waals surface area contributed by atoms with E-state index in [4.69, 9.17) is 14.9 Å². The molecule has 0 aliphatic rings. The van der Waals surface area contributed by atoms with E-state index >= 15 is 0 Å². The number of aromatic nitrogens is 1. The first-order chi connectivity index (χ1) is 12.1. The fourth-order valence-electron chi connectivity index (χ4n) is 2.02. The normalized spacial score (nSPS) is 10.4. The molecule has 1 aromatic carbocycles. The van der Waals surface area contributed by atoms with Crippen molar-refractivity contribution in [3.05, 3.63) is 59.3 Å². The molecule has 2 amide bonds. The van der Waals surface area contributed by atoms with Gasteiger partial charge in [-0.3, -0.25) is 9.59 Å². The van der Waals surface area contributed by atoms with E-state index in [1.807, 2.05) is 17.5 Å². The Kier molecular flexibility index (Phi) is 5.10. The lowest BCUT2D eigenvalue weighted by Gasteiger charge is -2.06. The van der Waals surface area contributed by atoms with Crippen LogP contribution in [0.15, 0.2) is 52.5 Å². The first-order valence-electron chi connectivity index (χ1n) is 7.39. The average molecular weight is 357 g/mol. The molecule has 0 radical (unpaired) electrons. The zero-order valence-electron chi connectivity index (χ0n) is 13.1. The van der Waals surface area contributed by atoms with Gasteiger partial charge in [0.25, 0.3) is 5.91 Å². The van der Waals surface area contributed by atoms with E-state index in [-0.39, 0.29) is 19.1 Å². The number of ether oxygens (including phenoxy) is 1. The second-order valence-electron chi connectivity index (χ2n) is 5.08. The van der Waals surface area contributed by atoms with Crippen LogP contribution in [0.25, 0.3) is 10.8 Å². The monoisotopic (exact) mass is 357 g/mol. The Morgan fingerprint density at radius 3 is 2.72 bits per heavy atom. The van der Waals surface area contributed by atoms with E-state index in [1.165, 1.54) is 0 Å². The maximum atomic E-state index is 11.8. The molecule has 128 valence electrons. The second-order valence-corrected chi connectivity index (χ2v) is 6.03. The maximum Gasteiger partial charge on any atom is 0.251 e. The van der Waals surface area contributed by atoms with Crippen molar-refractivity contribution in [2.45, 2.75) is 6.61 Å². The lowest BCUT2D eigenvalue weighted by molar-refractivity contribution is -0.117. The summed E-state index contributed by atoms with van der Waals surface area (Å²) >= 11 is 1.55. The van der Waals surface area contributed by atoms with Crippen LogP contribution in [-0.2, 0) is 11.4 Å². The van der Waals surface area contributed by atoms with Crippen LogP contribution < -0.4 is 15.8 Å². The predicted molar refractivity (Wildman–Crippen MR) is 92.1 cm³/mol. The van der Waals surface area contributed by atoms with E-state index in [9.17, 15) is 9.59 Å². The number of carbonyl (C=O) groups excluding carboxylic acids is 2. The summed E-state index contributed by atoms with van der Waals surface area (Å²) in [6.45, 7) is 0.0535. The second kappa shape index (κ2) is 7.63. The number of hydrogen-bond donors (Lipinski definition) is 2. The molecule has 0 unspecified atom stereocenters. The number of nitrogens with zero attached hydrogens (tertiary/aromatic N) is 1. The summed E-state index contributed by atoms with van der Waals surface area (Å²) in [6.07, 6.45) is 1.56. The van der Waals surface area contributed by atoms with Crippen molar-refractivity contribution in [1.29, 1.82) is 0 Å². The van der Waals surface area contributed by atoms with Crippen molar-refractivity contribution >= 4 is 23.2 Å². The average Bonchev–Trinajstić information content (AvgIpc) is 3.29. The Balaban J connectivity index is 1.55. The third-order valence-electron chi connectivity index (χ3n) is 3.21. The van der Waals surface area contributed by atoms with Gasteiger partial charge in [0.05, 0.1) is 11.4 Å². The topological polar surface area (TPSA) is 107 Å². The van der Waals surface area contributed by atoms with Gasteiger partial charge < -0.3 is 20.2 Å². The molecule has 2 aromatic heterocycles. The molecule has 3 rings (SSSR count). The molecule has 0 atom stereocenters. The van der Waals surface area contributed by atoms with Gasteiger partial charge >= 0.3 is 0 Å². The predicted octanol–water partition coefficient (Wildman–Crippen LogP) is 2.20. The van der Waals surface area contributed by atoms with Crippen molar-refractivity contribution in [2.75, 3.05) is 6.54 Å². The van der Waals surface area contributed by atoms with Crippen LogP contribution in [0, 0.1) is 0 Å². The molecule has 0 aliphatic heterocycles. The van der Waals surface area contributed by atoms with Crippen molar-refractivity contribution in [3.63, 3.8) is 0 Å². The van der Waals surface area contributed by atoms with Gasteiger partial charge in [-0.15, -0.1) is 11.3 Å². The third-order valence-corrected chi connectivity index (χ3v) is 4.07. The molecule has 3 N–H and O–H groups in total. The largest absolute Gasteiger partial charge is 0.487 e. The number of thiophene rings is 1. The SMILES string of the molecule is NC(=O)CNC(=O)c1ccc(OCc2coc(-c3cccs3)n2)cc1. The van der Waals surface area contributed by atoms with E-state index in [0.717, 1.165) is 4.88 Å². The highest BCUT2D eigenvalue weighted by Crippen LogP contribution is 2.24.